The molecule has 0 bridgehead atoms. The number of nitrogens with one attached hydrogen (secondary N) is 2. The molecule has 2 rings (SSSR count). The van der Waals surface area contributed by atoms with Crippen molar-refractivity contribution in [1.82, 2.24) is 5.32 Å². The zero-order valence-electron chi connectivity index (χ0n) is 16.7. The molecule has 0 saturated heterocycles. The van der Waals surface area contributed by atoms with E-state index in [1.54, 1.807) is 32.9 Å². The Morgan fingerprint density at radius 2 is 1.83 bits per heavy atom. The Bertz CT molecular complexity index is 929. The number of nitro benzene ring substituents is 1. The Morgan fingerprint density at radius 1 is 1.17 bits per heavy atom. The summed E-state index contributed by atoms with van der Waals surface area (Å²) < 4.78 is 5.20. The van der Waals surface area contributed by atoms with Gasteiger partial charge in [-0.05, 0) is 51.1 Å². The highest BCUT2D eigenvalue weighted by atomic mass is 35.5. The molecule has 0 heterocycles. The van der Waals surface area contributed by atoms with Crippen LogP contribution in [-0.2, 0) is 4.74 Å². The maximum Gasteiger partial charge on any atom is 0.412 e. The van der Waals surface area contributed by atoms with Gasteiger partial charge in [0, 0.05) is 35.0 Å². The van der Waals surface area contributed by atoms with E-state index in [1.165, 1.54) is 23.9 Å². The summed E-state index contributed by atoms with van der Waals surface area (Å²) in [7, 11) is 0. The van der Waals surface area contributed by atoms with Crippen molar-refractivity contribution in [2.24, 2.45) is 0 Å². The van der Waals surface area contributed by atoms with Crippen molar-refractivity contribution in [2.45, 2.75) is 31.3 Å². The number of carbonyl (C=O) groups excluding carboxylic acids is 2. The molecule has 2 aromatic rings. The van der Waals surface area contributed by atoms with Gasteiger partial charge in [0.2, 0.25) is 0 Å². The average Bonchev–Trinajstić information content (AvgIpc) is 2.65. The molecular formula is C20H22ClN3O5S. The topological polar surface area (TPSA) is 111 Å². The van der Waals surface area contributed by atoms with Gasteiger partial charge < -0.3 is 10.1 Å². The number of amides is 2. The zero-order chi connectivity index (χ0) is 22.3. The van der Waals surface area contributed by atoms with Gasteiger partial charge in [0.1, 0.15) is 5.60 Å². The molecule has 0 aliphatic carbocycles. The molecule has 0 aliphatic rings. The lowest BCUT2D eigenvalue weighted by molar-refractivity contribution is -0.384. The molecule has 0 saturated carbocycles. The van der Waals surface area contributed by atoms with E-state index in [9.17, 15) is 19.7 Å². The Balaban J connectivity index is 1.81. The second-order valence-corrected chi connectivity index (χ2v) is 8.75. The first-order valence-electron chi connectivity index (χ1n) is 9.00. The number of thioether (sulfide) groups is 1. The number of hydrogen-bond acceptors (Lipinski definition) is 6. The number of hydrogen-bond donors (Lipinski definition) is 2. The van der Waals surface area contributed by atoms with Gasteiger partial charge in [-0.25, -0.2) is 4.79 Å². The van der Waals surface area contributed by atoms with Crippen molar-refractivity contribution in [3.63, 3.8) is 0 Å². The minimum Gasteiger partial charge on any atom is -0.444 e. The predicted molar refractivity (Wildman–Crippen MR) is 117 cm³/mol. The molecule has 8 nitrogen and oxygen atoms in total. The Hall–Kier alpha value is -2.78. The fraction of sp³-hybridized carbons (Fsp3) is 0.300. The molecule has 0 spiro atoms. The summed E-state index contributed by atoms with van der Waals surface area (Å²) in [4.78, 5) is 35.2. The molecule has 0 aliphatic heterocycles. The SMILES string of the molecule is CC(C)(C)OC(=O)Nc1ccc(SCCNC(=O)c2cc([N+](=O)[O-])ccc2Cl)cc1. The third kappa shape index (κ3) is 7.57. The van der Waals surface area contributed by atoms with Crippen LogP contribution in [0.15, 0.2) is 47.4 Å². The summed E-state index contributed by atoms with van der Waals surface area (Å²) in [6.07, 6.45) is -0.523. The van der Waals surface area contributed by atoms with Gasteiger partial charge >= 0.3 is 6.09 Å². The van der Waals surface area contributed by atoms with Crippen molar-refractivity contribution < 1.29 is 19.2 Å². The molecule has 2 N–H and O–H groups in total. The minimum atomic E-state index is -0.579. The van der Waals surface area contributed by atoms with Crippen molar-refractivity contribution >= 4 is 46.7 Å². The maximum atomic E-state index is 12.2. The Morgan fingerprint density at radius 3 is 2.43 bits per heavy atom. The number of non-ortho nitro benzene ring substituents is 1. The smallest absolute Gasteiger partial charge is 0.412 e. The molecule has 0 fully saturated rings. The van der Waals surface area contributed by atoms with Crippen LogP contribution in [0.4, 0.5) is 16.2 Å². The van der Waals surface area contributed by atoms with Gasteiger partial charge in [-0.2, -0.15) is 0 Å². The lowest BCUT2D eigenvalue weighted by atomic mass is 10.2. The van der Waals surface area contributed by atoms with E-state index in [4.69, 9.17) is 16.3 Å². The van der Waals surface area contributed by atoms with Crippen LogP contribution in [0.5, 0.6) is 0 Å². The molecule has 0 radical (unpaired) electrons. The highest BCUT2D eigenvalue weighted by Crippen LogP contribution is 2.23. The van der Waals surface area contributed by atoms with E-state index in [0.717, 1.165) is 11.0 Å². The second-order valence-electron chi connectivity index (χ2n) is 7.18. The number of anilines is 1. The molecule has 10 heteroatoms. The number of nitrogens with zero attached hydrogens (tertiary/aromatic N) is 1. The summed E-state index contributed by atoms with van der Waals surface area (Å²) in [6, 6.07) is 10.9. The van der Waals surface area contributed by atoms with Gasteiger partial charge in [0.05, 0.1) is 15.5 Å². The Labute approximate surface area is 183 Å². The third-order valence-electron chi connectivity index (χ3n) is 3.56. The lowest BCUT2D eigenvalue weighted by Gasteiger charge is -2.19. The summed E-state index contributed by atoms with van der Waals surface area (Å²) in [5, 5.41) is 16.3. The summed E-state index contributed by atoms with van der Waals surface area (Å²) in [5.74, 6) is 0.109. The Kier molecular flexibility index (Phi) is 8.08. The van der Waals surface area contributed by atoms with E-state index in [1.807, 2.05) is 12.1 Å². The van der Waals surface area contributed by atoms with Crippen LogP contribution < -0.4 is 10.6 Å². The summed E-state index contributed by atoms with van der Waals surface area (Å²) in [5.41, 5.74) is -0.0891. The summed E-state index contributed by atoms with van der Waals surface area (Å²) >= 11 is 7.47. The molecule has 0 aromatic heterocycles. The molecule has 0 atom stereocenters. The molecule has 30 heavy (non-hydrogen) atoms. The van der Waals surface area contributed by atoms with E-state index in [0.29, 0.717) is 18.0 Å². The van der Waals surface area contributed by atoms with Crippen LogP contribution in [0.25, 0.3) is 0 Å². The summed E-state index contributed by atoms with van der Waals surface area (Å²) in [6.45, 7) is 5.72. The van der Waals surface area contributed by atoms with Crippen LogP contribution >= 0.6 is 23.4 Å². The molecule has 2 aromatic carbocycles. The highest BCUT2D eigenvalue weighted by Gasteiger charge is 2.17. The molecular weight excluding hydrogens is 430 g/mol. The molecule has 2 amide bonds. The van der Waals surface area contributed by atoms with Crippen molar-refractivity contribution in [2.75, 3.05) is 17.6 Å². The first-order chi connectivity index (χ1) is 14.0. The van der Waals surface area contributed by atoms with Gasteiger partial charge in [-0.15, -0.1) is 11.8 Å². The first kappa shape index (κ1) is 23.5. The van der Waals surface area contributed by atoms with Crippen molar-refractivity contribution in [3.05, 3.63) is 63.2 Å². The van der Waals surface area contributed by atoms with Gasteiger partial charge in [0.25, 0.3) is 11.6 Å². The van der Waals surface area contributed by atoms with Crippen molar-refractivity contribution in [3.8, 4) is 0 Å². The van der Waals surface area contributed by atoms with Gasteiger partial charge in [-0.1, -0.05) is 11.6 Å². The second kappa shape index (κ2) is 10.3. The lowest BCUT2D eigenvalue weighted by Crippen LogP contribution is -2.27. The van der Waals surface area contributed by atoms with Crippen LogP contribution in [0.3, 0.4) is 0 Å². The number of carbonyl (C=O) groups is 2. The van der Waals surface area contributed by atoms with E-state index >= 15 is 0 Å². The molecule has 160 valence electrons. The third-order valence-corrected chi connectivity index (χ3v) is 4.90. The van der Waals surface area contributed by atoms with E-state index < -0.39 is 22.5 Å². The zero-order valence-corrected chi connectivity index (χ0v) is 18.3. The number of ether oxygens (including phenoxy) is 1. The predicted octanol–water partition coefficient (Wildman–Crippen LogP) is 5.12. The number of halogens is 1. The van der Waals surface area contributed by atoms with Crippen LogP contribution in [0, 0.1) is 10.1 Å². The van der Waals surface area contributed by atoms with Gasteiger partial charge in [-0.3, -0.25) is 20.2 Å². The van der Waals surface area contributed by atoms with Crippen LogP contribution in [-0.4, -0.2) is 34.8 Å². The fourth-order valence-corrected chi connectivity index (χ4v) is 3.26. The number of rotatable bonds is 7. The fourth-order valence-electron chi connectivity index (χ4n) is 2.29. The first-order valence-corrected chi connectivity index (χ1v) is 10.4. The average molecular weight is 452 g/mol. The van der Waals surface area contributed by atoms with Crippen LogP contribution in [0.1, 0.15) is 31.1 Å². The van der Waals surface area contributed by atoms with Crippen LogP contribution in [0.2, 0.25) is 5.02 Å². The largest absolute Gasteiger partial charge is 0.444 e. The quantitative estimate of drug-likeness (QED) is 0.261. The number of nitro groups is 1. The monoisotopic (exact) mass is 451 g/mol. The van der Waals surface area contributed by atoms with E-state index in [2.05, 4.69) is 10.6 Å². The number of benzene rings is 2. The molecule has 0 unspecified atom stereocenters. The van der Waals surface area contributed by atoms with Gasteiger partial charge in [0.15, 0.2) is 0 Å². The highest BCUT2D eigenvalue weighted by molar-refractivity contribution is 7.99. The van der Waals surface area contributed by atoms with Crippen molar-refractivity contribution in [1.29, 1.82) is 0 Å². The normalized spacial score (nSPS) is 10.9. The standard InChI is InChI=1S/C20H22ClN3O5S/c1-20(2,3)29-19(26)23-13-4-7-15(8-5-13)30-11-10-22-18(25)16-12-14(24(27)28)6-9-17(16)21/h4-9,12H,10-11H2,1-3H3,(H,22,25)(H,23,26). The maximum absolute atomic E-state index is 12.2. The van der Waals surface area contributed by atoms with E-state index in [-0.39, 0.29) is 16.3 Å². The minimum absolute atomic E-state index is 0.0634.